The Morgan fingerprint density at radius 3 is 2.95 bits per heavy atom. The van der Waals surface area contributed by atoms with Crippen LogP contribution in [0.3, 0.4) is 0 Å². The van der Waals surface area contributed by atoms with Gasteiger partial charge in [-0.3, -0.25) is 14.7 Å². The monoisotopic (exact) mass is 277 g/mol. The highest BCUT2D eigenvalue weighted by molar-refractivity contribution is 5.93. The molecular formula is C13H15N3O4. The summed E-state index contributed by atoms with van der Waals surface area (Å²) in [7, 11) is 1.62. The first-order valence-electron chi connectivity index (χ1n) is 6.14. The molecule has 0 saturated carbocycles. The summed E-state index contributed by atoms with van der Waals surface area (Å²) in [6, 6.07) is 5.11. The van der Waals surface area contributed by atoms with E-state index in [-0.39, 0.29) is 18.0 Å². The number of aromatic amines is 1. The minimum absolute atomic E-state index is 0.0375. The number of furan rings is 1. The number of carbonyl (C=O) groups excluding carboxylic acids is 1. The molecule has 0 saturated heterocycles. The van der Waals surface area contributed by atoms with Crippen LogP contribution in [-0.2, 0) is 4.79 Å². The summed E-state index contributed by atoms with van der Waals surface area (Å²) in [5, 5.41) is 15.2. The van der Waals surface area contributed by atoms with E-state index >= 15 is 0 Å². The number of carboxylic acids is 1. The van der Waals surface area contributed by atoms with Gasteiger partial charge in [-0.2, -0.15) is 5.10 Å². The standard InChI is InChI=1S/C13H15N3O4/c1-16(6-2-5-12(17)18)13(19)10-8-9(14-15-10)11-4-3-7-20-11/h3-4,7-8H,2,5-6H2,1H3,(H,14,15)(H,17,18). The highest BCUT2D eigenvalue weighted by Gasteiger charge is 2.16. The molecule has 0 aliphatic rings. The Morgan fingerprint density at radius 2 is 2.30 bits per heavy atom. The molecule has 0 aliphatic carbocycles. The first-order valence-corrected chi connectivity index (χ1v) is 6.14. The SMILES string of the molecule is CN(CCCC(=O)O)C(=O)c1cc(-c2ccco2)[nH]n1. The van der Waals surface area contributed by atoms with Crippen molar-refractivity contribution in [2.24, 2.45) is 0 Å². The highest BCUT2D eigenvalue weighted by atomic mass is 16.4. The van der Waals surface area contributed by atoms with Gasteiger partial charge in [0.25, 0.3) is 5.91 Å². The van der Waals surface area contributed by atoms with Crippen molar-refractivity contribution in [1.82, 2.24) is 15.1 Å². The maximum atomic E-state index is 12.1. The predicted molar refractivity (Wildman–Crippen MR) is 70.1 cm³/mol. The van der Waals surface area contributed by atoms with Crippen LogP contribution in [0.2, 0.25) is 0 Å². The van der Waals surface area contributed by atoms with Crippen molar-refractivity contribution >= 4 is 11.9 Å². The predicted octanol–water partition coefficient (Wildman–Crippen LogP) is 1.61. The highest BCUT2D eigenvalue weighted by Crippen LogP contribution is 2.18. The van der Waals surface area contributed by atoms with E-state index in [1.807, 2.05) is 0 Å². The van der Waals surface area contributed by atoms with Crippen molar-refractivity contribution in [2.75, 3.05) is 13.6 Å². The zero-order valence-electron chi connectivity index (χ0n) is 11.0. The topological polar surface area (TPSA) is 99.4 Å². The normalized spacial score (nSPS) is 10.4. The van der Waals surface area contributed by atoms with Crippen LogP contribution >= 0.6 is 0 Å². The molecule has 7 heteroatoms. The summed E-state index contributed by atoms with van der Waals surface area (Å²) in [6.45, 7) is 0.369. The van der Waals surface area contributed by atoms with E-state index < -0.39 is 5.97 Å². The van der Waals surface area contributed by atoms with Crippen molar-refractivity contribution in [2.45, 2.75) is 12.8 Å². The van der Waals surface area contributed by atoms with Crippen molar-refractivity contribution in [3.05, 3.63) is 30.2 Å². The van der Waals surface area contributed by atoms with Gasteiger partial charge >= 0.3 is 5.97 Å². The van der Waals surface area contributed by atoms with Crippen molar-refractivity contribution in [1.29, 1.82) is 0 Å². The summed E-state index contributed by atoms with van der Waals surface area (Å²) in [6.07, 6.45) is 1.98. The fourth-order valence-electron chi connectivity index (χ4n) is 1.75. The first-order chi connectivity index (χ1) is 9.58. The molecule has 2 N–H and O–H groups in total. The largest absolute Gasteiger partial charge is 0.481 e. The molecule has 0 atom stereocenters. The number of H-pyrrole nitrogens is 1. The number of rotatable bonds is 6. The minimum Gasteiger partial charge on any atom is -0.481 e. The molecule has 2 aromatic heterocycles. The number of hydrogen-bond acceptors (Lipinski definition) is 4. The molecule has 0 unspecified atom stereocenters. The minimum atomic E-state index is -0.870. The van der Waals surface area contributed by atoms with Crippen LogP contribution in [0.5, 0.6) is 0 Å². The summed E-state index contributed by atoms with van der Waals surface area (Å²) in [4.78, 5) is 23.9. The second-order valence-electron chi connectivity index (χ2n) is 4.37. The molecule has 2 rings (SSSR count). The van der Waals surface area contributed by atoms with Gasteiger partial charge in [-0.1, -0.05) is 0 Å². The first kappa shape index (κ1) is 13.9. The average Bonchev–Trinajstić information content (AvgIpc) is 3.07. The molecule has 0 radical (unpaired) electrons. The Balaban J connectivity index is 1.97. The quantitative estimate of drug-likeness (QED) is 0.835. The summed E-state index contributed by atoms with van der Waals surface area (Å²) < 4.78 is 5.20. The van der Waals surface area contributed by atoms with Gasteiger partial charge < -0.3 is 14.4 Å². The molecule has 2 heterocycles. The zero-order valence-corrected chi connectivity index (χ0v) is 11.0. The molecule has 2 aromatic rings. The van der Waals surface area contributed by atoms with Crippen LogP contribution in [-0.4, -0.2) is 45.7 Å². The zero-order chi connectivity index (χ0) is 14.5. The van der Waals surface area contributed by atoms with Crippen LogP contribution in [0.1, 0.15) is 23.3 Å². The number of amides is 1. The number of hydrogen-bond donors (Lipinski definition) is 2. The van der Waals surface area contributed by atoms with Crippen molar-refractivity contribution in [3.8, 4) is 11.5 Å². The Bertz CT molecular complexity index is 589. The number of nitrogens with zero attached hydrogens (tertiary/aromatic N) is 2. The van der Waals surface area contributed by atoms with E-state index in [0.717, 1.165) is 0 Å². The van der Waals surface area contributed by atoms with Crippen LogP contribution in [0.4, 0.5) is 0 Å². The van der Waals surface area contributed by atoms with Gasteiger partial charge in [-0.15, -0.1) is 0 Å². The molecule has 1 amide bonds. The smallest absolute Gasteiger partial charge is 0.303 e. The van der Waals surface area contributed by atoms with E-state index in [9.17, 15) is 9.59 Å². The van der Waals surface area contributed by atoms with E-state index in [0.29, 0.717) is 24.4 Å². The van der Waals surface area contributed by atoms with Gasteiger partial charge in [0.2, 0.25) is 0 Å². The van der Waals surface area contributed by atoms with Crippen LogP contribution < -0.4 is 0 Å². The lowest BCUT2D eigenvalue weighted by molar-refractivity contribution is -0.137. The van der Waals surface area contributed by atoms with E-state index in [2.05, 4.69) is 10.2 Å². The number of carboxylic acid groups (broad SMARTS) is 1. The van der Waals surface area contributed by atoms with Gasteiger partial charge in [0, 0.05) is 26.1 Å². The Morgan fingerprint density at radius 1 is 1.50 bits per heavy atom. The fourth-order valence-corrected chi connectivity index (χ4v) is 1.75. The van der Waals surface area contributed by atoms with E-state index in [4.69, 9.17) is 9.52 Å². The third kappa shape index (κ3) is 3.25. The summed E-state index contributed by atoms with van der Waals surface area (Å²) in [5.41, 5.74) is 0.895. The van der Waals surface area contributed by atoms with Crippen molar-refractivity contribution < 1.29 is 19.1 Å². The van der Waals surface area contributed by atoms with Crippen LogP contribution in [0.25, 0.3) is 11.5 Å². The molecule has 106 valence electrons. The van der Waals surface area contributed by atoms with E-state index in [1.54, 1.807) is 25.2 Å². The summed E-state index contributed by atoms with van der Waals surface area (Å²) >= 11 is 0. The molecule has 0 aromatic carbocycles. The second kappa shape index (κ2) is 6.05. The van der Waals surface area contributed by atoms with Crippen LogP contribution in [0, 0.1) is 0 Å². The number of carbonyl (C=O) groups is 2. The lowest BCUT2D eigenvalue weighted by atomic mass is 10.2. The maximum absolute atomic E-state index is 12.1. The average molecular weight is 277 g/mol. The third-order valence-electron chi connectivity index (χ3n) is 2.81. The number of aliphatic carboxylic acids is 1. The molecule has 0 bridgehead atoms. The second-order valence-corrected chi connectivity index (χ2v) is 4.37. The van der Waals surface area contributed by atoms with E-state index in [1.165, 1.54) is 11.2 Å². The molecule has 0 aliphatic heterocycles. The van der Waals surface area contributed by atoms with Crippen molar-refractivity contribution in [3.63, 3.8) is 0 Å². The number of nitrogens with one attached hydrogen (secondary N) is 1. The molecular weight excluding hydrogens is 262 g/mol. The third-order valence-corrected chi connectivity index (χ3v) is 2.81. The van der Waals surface area contributed by atoms with Gasteiger partial charge in [0.05, 0.1) is 6.26 Å². The lowest BCUT2D eigenvalue weighted by Gasteiger charge is -2.14. The Kier molecular flexibility index (Phi) is 4.19. The fraction of sp³-hybridized carbons (Fsp3) is 0.308. The number of aromatic nitrogens is 2. The van der Waals surface area contributed by atoms with Gasteiger partial charge in [-0.05, 0) is 18.6 Å². The van der Waals surface area contributed by atoms with Gasteiger partial charge in [0.15, 0.2) is 11.5 Å². The summed E-state index contributed by atoms with van der Waals surface area (Å²) in [5.74, 6) is -0.528. The van der Waals surface area contributed by atoms with Gasteiger partial charge in [-0.25, -0.2) is 0 Å². The van der Waals surface area contributed by atoms with Crippen LogP contribution in [0.15, 0.2) is 28.9 Å². The molecule has 0 fully saturated rings. The maximum Gasteiger partial charge on any atom is 0.303 e. The Labute approximate surface area is 115 Å². The lowest BCUT2D eigenvalue weighted by Crippen LogP contribution is -2.28. The van der Waals surface area contributed by atoms with Gasteiger partial charge in [0.1, 0.15) is 5.69 Å². The molecule has 20 heavy (non-hydrogen) atoms. The molecule has 7 nitrogen and oxygen atoms in total. The molecule has 0 spiro atoms. The Hall–Kier alpha value is -2.57.